The molecule has 2 N–H and O–H groups in total. The third-order valence-corrected chi connectivity index (χ3v) is 3.31. The normalized spacial score (nSPS) is 10.5. The van der Waals surface area contributed by atoms with Crippen LogP contribution in [0.5, 0.6) is 11.5 Å². The van der Waals surface area contributed by atoms with Crippen molar-refractivity contribution < 1.29 is 14.3 Å². The lowest BCUT2D eigenvalue weighted by molar-refractivity contribution is -0.118. The number of nitrogens with one attached hydrogen (secondary N) is 2. The van der Waals surface area contributed by atoms with Crippen LogP contribution in [-0.4, -0.2) is 29.6 Å². The topological polar surface area (TPSA) is 76.2 Å². The molecule has 3 aromatic rings. The predicted octanol–water partition coefficient (Wildman–Crippen LogP) is 2.90. The summed E-state index contributed by atoms with van der Waals surface area (Å²) in [5.74, 6) is 1.72. The number of aryl methyl sites for hydroxylation is 1. The fourth-order valence-corrected chi connectivity index (χ4v) is 2.29. The highest BCUT2D eigenvalue weighted by atomic mass is 16.5. The van der Waals surface area contributed by atoms with Gasteiger partial charge in [-0.25, -0.2) is 4.98 Å². The molecule has 0 bridgehead atoms. The van der Waals surface area contributed by atoms with Gasteiger partial charge in [-0.2, -0.15) is 0 Å². The zero-order valence-electron chi connectivity index (χ0n) is 12.9. The van der Waals surface area contributed by atoms with Crippen molar-refractivity contribution in [3.05, 3.63) is 48.3 Å². The van der Waals surface area contributed by atoms with Gasteiger partial charge >= 0.3 is 0 Å². The maximum absolute atomic E-state index is 12.0. The molecule has 2 aromatic carbocycles. The minimum absolute atomic E-state index is 0.0968. The number of amides is 1. The summed E-state index contributed by atoms with van der Waals surface area (Å²) in [6, 6.07) is 12.7. The molecule has 0 unspecified atom stereocenters. The van der Waals surface area contributed by atoms with Gasteiger partial charge in [0.25, 0.3) is 5.91 Å². The molecule has 1 aromatic heterocycles. The third-order valence-electron chi connectivity index (χ3n) is 3.31. The number of carbonyl (C=O) groups excluding carboxylic acids is 1. The highest BCUT2D eigenvalue weighted by molar-refractivity contribution is 5.94. The van der Waals surface area contributed by atoms with Crippen LogP contribution in [0.1, 0.15) is 5.82 Å². The first-order valence-electron chi connectivity index (χ1n) is 7.18. The molecule has 118 valence electrons. The van der Waals surface area contributed by atoms with Crippen LogP contribution in [0.15, 0.2) is 42.5 Å². The van der Waals surface area contributed by atoms with Crippen molar-refractivity contribution in [3.8, 4) is 11.5 Å². The molecule has 0 aliphatic heterocycles. The lowest BCUT2D eigenvalue weighted by Gasteiger charge is -2.10. The molecule has 3 rings (SSSR count). The Kier molecular flexibility index (Phi) is 4.14. The Morgan fingerprint density at radius 2 is 2.00 bits per heavy atom. The SMILES string of the molecule is COc1ccccc1OCC(=O)Nc1ccc2nc(C)[nH]c2c1. The number of aromatic nitrogens is 2. The standard InChI is InChI=1S/C17H17N3O3/c1-11-18-13-8-7-12(9-14(13)19-11)20-17(21)10-23-16-6-4-3-5-15(16)22-2/h3-9H,10H2,1-2H3,(H,18,19)(H,20,21). The van der Waals surface area contributed by atoms with E-state index in [2.05, 4.69) is 15.3 Å². The van der Waals surface area contributed by atoms with Crippen molar-refractivity contribution in [2.45, 2.75) is 6.92 Å². The molecule has 6 heteroatoms. The Morgan fingerprint density at radius 1 is 1.22 bits per heavy atom. The number of aromatic amines is 1. The molecular formula is C17H17N3O3. The van der Waals surface area contributed by atoms with E-state index in [1.165, 1.54) is 0 Å². The Bertz CT molecular complexity index is 842. The van der Waals surface area contributed by atoms with Crippen LogP contribution >= 0.6 is 0 Å². The van der Waals surface area contributed by atoms with Crippen LogP contribution in [0.3, 0.4) is 0 Å². The van der Waals surface area contributed by atoms with Crippen molar-refractivity contribution in [3.63, 3.8) is 0 Å². The summed E-state index contributed by atoms with van der Waals surface area (Å²) >= 11 is 0. The van der Waals surface area contributed by atoms with Crippen LogP contribution in [0.25, 0.3) is 11.0 Å². The Morgan fingerprint density at radius 3 is 2.78 bits per heavy atom. The van der Waals surface area contributed by atoms with Crippen LogP contribution in [0, 0.1) is 6.92 Å². The molecule has 0 atom stereocenters. The number of carbonyl (C=O) groups is 1. The number of benzene rings is 2. The summed E-state index contributed by atoms with van der Waals surface area (Å²) in [4.78, 5) is 19.5. The van der Waals surface area contributed by atoms with E-state index in [0.717, 1.165) is 16.9 Å². The maximum Gasteiger partial charge on any atom is 0.262 e. The van der Waals surface area contributed by atoms with E-state index in [-0.39, 0.29) is 12.5 Å². The number of para-hydroxylation sites is 2. The minimum Gasteiger partial charge on any atom is -0.493 e. The van der Waals surface area contributed by atoms with Gasteiger partial charge in [0.1, 0.15) is 5.82 Å². The number of fused-ring (bicyclic) bond motifs is 1. The largest absolute Gasteiger partial charge is 0.493 e. The van der Waals surface area contributed by atoms with Crippen LogP contribution in [-0.2, 0) is 4.79 Å². The number of imidazole rings is 1. The van der Waals surface area contributed by atoms with Crippen molar-refractivity contribution in [2.24, 2.45) is 0 Å². The van der Waals surface area contributed by atoms with Gasteiger partial charge < -0.3 is 19.8 Å². The number of ether oxygens (including phenoxy) is 2. The number of hydrogen-bond acceptors (Lipinski definition) is 4. The van der Waals surface area contributed by atoms with E-state index in [0.29, 0.717) is 17.2 Å². The van der Waals surface area contributed by atoms with Gasteiger partial charge in [0.05, 0.1) is 18.1 Å². The maximum atomic E-state index is 12.0. The Balaban J connectivity index is 1.64. The van der Waals surface area contributed by atoms with Crippen molar-refractivity contribution in [2.75, 3.05) is 19.0 Å². The van der Waals surface area contributed by atoms with Crippen LogP contribution in [0.2, 0.25) is 0 Å². The van der Waals surface area contributed by atoms with Crippen molar-refractivity contribution >= 4 is 22.6 Å². The lowest BCUT2D eigenvalue weighted by Crippen LogP contribution is -2.20. The third kappa shape index (κ3) is 3.42. The molecule has 0 saturated carbocycles. The minimum atomic E-state index is -0.244. The summed E-state index contributed by atoms with van der Waals surface area (Å²) in [6.07, 6.45) is 0. The number of nitrogens with zero attached hydrogens (tertiary/aromatic N) is 1. The first-order valence-corrected chi connectivity index (χ1v) is 7.18. The average molecular weight is 311 g/mol. The summed E-state index contributed by atoms with van der Waals surface area (Å²) in [5.41, 5.74) is 2.44. The fourth-order valence-electron chi connectivity index (χ4n) is 2.29. The quantitative estimate of drug-likeness (QED) is 0.759. The van der Waals surface area contributed by atoms with Gasteiger partial charge in [0.15, 0.2) is 18.1 Å². The second-order valence-corrected chi connectivity index (χ2v) is 5.04. The Hall–Kier alpha value is -3.02. The van der Waals surface area contributed by atoms with E-state index < -0.39 is 0 Å². The molecule has 0 fully saturated rings. The Labute approximate surface area is 133 Å². The second kappa shape index (κ2) is 6.39. The van der Waals surface area contributed by atoms with Gasteiger partial charge in [-0.05, 0) is 37.3 Å². The molecule has 23 heavy (non-hydrogen) atoms. The van der Waals surface area contributed by atoms with E-state index in [1.54, 1.807) is 19.2 Å². The number of rotatable bonds is 5. The predicted molar refractivity (Wildman–Crippen MR) is 87.9 cm³/mol. The first-order chi connectivity index (χ1) is 11.2. The number of H-pyrrole nitrogens is 1. The molecule has 0 radical (unpaired) electrons. The van der Waals surface area contributed by atoms with E-state index in [1.807, 2.05) is 37.3 Å². The molecule has 0 spiro atoms. The monoisotopic (exact) mass is 311 g/mol. The average Bonchev–Trinajstić information content (AvgIpc) is 2.92. The van der Waals surface area contributed by atoms with E-state index in [4.69, 9.17) is 9.47 Å². The zero-order chi connectivity index (χ0) is 16.2. The number of methoxy groups -OCH3 is 1. The second-order valence-electron chi connectivity index (χ2n) is 5.04. The van der Waals surface area contributed by atoms with E-state index in [9.17, 15) is 4.79 Å². The summed E-state index contributed by atoms with van der Waals surface area (Å²) in [5, 5.41) is 2.80. The summed E-state index contributed by atoms with van der Waals surface area (Å²) in [7, 11) is 1.56. The van der Waals surface area contributed by atoms with Gasteiger partial charge in [0.2, 0.25) is 0 Å². The van der Waals surface area contributed by atoms with Gasteiger partial charge in [0, 0.05) is 5.69 Å². The first kappa shape index (κ1) is 14.9. The molecule has 1 heterocycles. The zero-order valence-corrected chi connectivity index (χ0v) is 12.9. The molecule has 0 aliphatic carbocycles. The number of hydrogen-bond donors (Lipinski definition) is 2. The molecular weight excluding hydrogens is 294 g/mol. The van der Waals surface area contributed by atoms with Crippen molar-refractivity contribution in [1.82, 2.24) is 9.97 Å². The van der Waals surface area contributed by atoms with Gasteiger partial charge in [-0.3, -0.25) is 4.79 Å². The van der Waals surface area contributed by atoms with Crippen LogP contribution < -0.4 is 14.8 Å². The highest BCUT2D eigenvalue weighted by Crippen LogP contribution is 2.25. The van der Waals surface area contributed by atoms with Gasteiger partial charge in [-0.15, -0.1) is 0 Å². The highest BCUT2D eigenvalue weighted by Gasteiger charge is 2.08. The molecule has 0 aliphatic rings. The summed E-state index contributed by atoms with van der Waals surface area (Å²) < 4.78 is 10.7. The molecule has 6 nitrogen and oxygen atoms in total. The van der Waals surface area contributed by atoms with Crippen molar-refractivity contribution in [1.29, 1.82) is 0 Å². The van der Waals surface area contributed by atoms with Gasteiger partial charge in [-0.1, -0.05) is 12.1 Å². The molecule has 0 saturated heterocycles. The summed E-state index contributed by atoms with van der Waals surface area (Å²) in [6.45, 7) is 1.79. The van der Waals surface area contributed by atoms with E-state index >= 15 is 0 Å². The molecule has 1 amide bonds. The van der Waals surface area contributed by atoms with Crippen LogP contribution in [0.4, 0.5) is 5.69 Å². The fraction of sp³-hybridized carbons (Fsp3) is 0.176. The lowest BCUT2D eigenvalue weighted by atomic mass is 10.3. The number of anilines is 1. The smallest absolute Gasteiger partial charge is 0.262 e.